The molecule has 0 N–H and O–H groups in total. The summed E-state index contributed by atoms with van der Waals surface area (Å²) in [7, 11) is -3.61. The van der Waals surface area contributed by atoms with Gasteiger partial charge in [0.25, 0.3) is 0 Å². The van der Waals surface area contributed by atoms with E-state index in [-0.39, 0.29) is 6.10 Å². The van der Waals surface area contributed by atoms with Crippen LogP contribution in [0.3, 0.4) is 0 Å². The molecule has 2 aromatic heterocycles. The smallest absolute Gasteiger partial charge is 0.246 e. The van der Waals surface area contributed by atoms with E-state index in [0.29, 0.717) is 47.6 Å². The molecule has 3 heterocycles. The summed E-state index contributed by atoms with van der Waals surface area (Å²) in [5.41, 5.74) is 1.22. The second-order valence-corrected chi connectivity index (χ2v) is 8.38. The van der Waals surface area contributed by atoms with E-state index in [2.05, 4.69) is 15.1 Å². The molecule has 1 fully saturated rings. The zero-order valence-corrected chi connectivity index (χ0v) is 16.5. The second-order valence-electron chi connectivity index (χ2n) is 6.50. The average molecular weight is 379 g/mol. The Kier molecular flexibility index (Phi) is 5.29. The van der Waals surface area contributed by atoms with E-state index in [1.54, 1.807) is 37.7 Å². The molecule has 0 radical (unpaired) electrons. The molecule has 3 rings (SSSR count). The molecule has 1 saturated heterocycles. The predicted octanol–water partition coefficient (Wildman–Crippen LogP) is 1.85. The van der Waals surface area contributed by atoms with E-state index in [9.17, 15) is 8.42 Å². The van der Waals surface area contributed by atoms with Crippen molar-refractivity contribution in [1.29, 1.82) is 0 Å². The van der Waals surface area contributed by atoms with E-state index in [0.717, 1.165) is 12.8 Å². The highest BCUT2D eigenvalue weighted by Crippen LogP contribution is 2.27. The minimum atomic E-state index is -3.61. The van der Waals surface area contributed by atoms with Gasteiger partial charge in [0.15, 0.2) is 0 Å². The maximum atomic E-state index is 13.2. The van der Waals surface area contributed by atoms with Gasteiger partial charge < -0.3 is 4.74 Å². The third-order valence-corrected chi connectivity index (χ3v) is 6.71. The highest BCUT2D eigenvalue weighted by Gasteiger charge is 2.35. The first-order valence-electron chi connectivity index (χ1n) is 8.83. The van der Waals surface area contributed by atoms with E-state index in [1.165, 1.54) is 4.31 Å². The average Bonchev–Trinajstić information content (AvgIpc) is 2.89. The molecule has 1 aliphatic rings. The summed E-state index contributed by atoms with van der Waals surface area (Å²) >= 11 is 0. The molecule has 0 saturated carbocycles. The van der Waals surface area contributed by atoms with E-state index < -0.39 is 10.0 Å². The van der Waals surface area contributed by atoms with Gasteiger partial charge in [0, 0.05) is 25.4 Å². The van der Waals surface area contributed by atoms with Crippen molar-refractivity contribution >= 4 is 10.0 Å². The summed E-state index contributed by atoms with van der Waals surface area (Å²) in [4.78, 5) is 8.61. The van der Waals surface area contributed by atoms with Crippen molar-refractivity contribution in [3.05, 3.63) is 29.5 Å². The Balaban J connectivity index is 1.81. The maximum Gasteiger partial charge on any atom is 0.246 e. The highest BCUT2D eigenvalue weighted by molar-refractivity contribution is 7.89. The normalized spacial score (nSPS) is 18.8. The van der Waals surface area contributed by atoms with Crippen LogP contribution in [0.25, 0.3) is 0 Å². The van der Waals surface area contributed by atoms with Crippen LogP contribution >= 0.6 is 0 Å². The zero-order valence-electron chi connectivity index (χ0n) is 15.6. The molecule has 0 amide bonds. The molecule has 9 heteroatoms. The molecule has 0 aromatic carbocycles. The molecular weight excluding hydrogens is 354 g/mol. The van der Waals surface area contributed by atoms with E-state index >= 15 is 0 Å². The van der Waals surface area contributed by atoms with Crippen molar-refractivity contribution in [2.75, 3.05) is 13.1 Å². The van der Waals surface area contributed by atoms with E-state index in [4.69, 9.17) is 4.74 Å². The molecule has 2 aromatic rings. The Morgan fingerprint density at radius 1 is 1.31 bits per heavy atom. The lowest BCUT2D eigenvalue weighted by Crippen LogP contribution is -2.44. The van der Waals surface area contributed by atoms with Gasteiger partial charge in [-0.3, -0.25) is 4.68 Å². The Bertz CT molecular complexity index is 894. The van der Waals surface area contributed by atoms with Crippen LogP contribution < -0.4 is 4.74 Å². The fourth-order valence-corrected chi connectivity index (χ4v) is 5.26. The number of aryl methyl sites for hydroxylation is 3. The molecule has 142 valence electrons. The van der Waals surface area contributed by atoms with Crippen LogP contribution in [-0.4, -0.2) is 51.7 Å². The Hall–Kier alpha value is -2.00. The first-order valence-corrected chi connectivity index (χ1v) is 10.3. The van der Waals surface area contributed by atoms with Gasteiger partial charge in [0.1, 0.15) is 16.8 Å². The van der Waals surface area contributed by atoms with Crippen molar-refractivity contribution in [2.24, 2.45) is 0 Å². The van der Waals surface area contributed by atoms with Crippen LogP contribution in [0.4, 0.5) is 0 Å². The Morgan fingerprint density at radius 2 is 2.08 bits per heavy atom. The number of rotatable bonds is 5. The summed E-state index contributed by atoms with van der Waals surface area (Å²) in [6.45, 7) is 8.72. The molecule has 26 heavy (non-hydrogen) atoms. The van der Waals surface area contributed by atoms with Gasteiger partial charge in [-0.2, -0.15) is 14.4 Å². The van der Waals surface area contributed by atoms with Crippen LogP contribution in [-0.2, 0) is 16.6 Å². The summed E-state index contributed by atoms with van der Waals surface area (Å²) in [6, 6.07) is 1.69. The first kappa shape index (κ1) is 18.8. The van der Waals surface area contributed by atoms with Crippen molar-refractivity contribution in [2.45, 2.75) is 58.1 Å². The molecule has 0 spiro atoms. The van der Waals surface area contributed by atoms with Gasteiger partial charge in [0.2, 0.25) is 15.9 Å². The fraction of sp³-hybridized carbons (Fsp3) is 0.588. The molecule has 1 atom stereocenters. The summed E-state index contributed by atoms with van der Waals surface area (Å²) in [6.07, 6.45) is 2.95. The van der Waals surface area contributed by atoms with Gasteiger partial charge in [-0.25, -0.2) is 13.4 Å². The van der Waals surface area contributed by atoms with Crippen LogP contribution in [0.1, 0.15) is 37.0 Å². The van der Waals surface area contributed by atoms with Gasteiger partial charge in [0.05, 0.1) is 17.9 Å². The molecular formula is C17H25N5O3S. The number of aromatic nitrogens is 4. The minimum Gasteiger partial charge on any atom is -0.473 e. The number of hydrogen-bond acceptors (Lipinski definition) is 6. The number of piperidine rings is 1. The molecule has 1 unspecified atom stereocenters. The SMILES string of the molecule is CCn1nc(C)c(S(=O)(=O)N2CCCC(Oc3ccnc(C)n3)C2)c1C. The van der Waals surface area contributed by atoms with Crippen LogP contribution in [0.2, 0.25) is 0 Å². The summed E-state index contributed by atoms with van der Waals surface area (Å²) in [5, 5.41) is 4.35. The number of nitrogens with zero attached hydrogens (tertiary/aromatic N) is 5. The highest BCUT2D eigenvalue weighted by atomic mass is 32.2. The van der Waals surface area contributed by atoms with Crippen LogP contribution in [0, 0.1) is 20.8 Å². The maximum absolute atomic E-state index is 13.2. The largest absolute Gasteiger partial charge is 0.473 e. The third kappa shape index (κ3) is 3.59. The Morgan fingerprint density at radius 3 is 2.73 bits per heavy atom. The van der Waals surface area contributed by atoms with Crippen LogP contribution in [0.5, 0.6) is 5.88 Å². The number of ether oxygens (including phenoxy) is 1. The van der Waals surface area contributed by atoms with Crippen molar-refractivity contribution in [1.82, 2.24) is 24.1 Å². The zero-order chi connectivity index (χ0) is 18.9. The van der Waals surface area contributed by atoms with Crippen molar-refractivity contribution in [3.63, 3.8) is 0 Å². The lowest BCUT2D eigenvalue weighted by molar-refractivity contribution is 0.124. The first-order chi connectivity index (χ1) is 12.3. The third-order valence-electron chi connectivity index (χ3n) is 4.59. The lowest BCUT2D eigenvalue weighted by atomic mass is 10.1. The van der Waals surface area contributed by atoms with Crippen molar-refractivity contribution < 1.29 is 13.2 Å². The van der Waals surface area contributed by atoms with Gasteiger partial charge in [-0.05, 0) is 40.5 Å². The minimum absolute atomic E-state index is 0.227. The number of sulfonamides is 1. The number of hydrogen-bond donors (Lipinski definition) is 0. The topological polar surface area (TPSA) is 90.2 Å². The van der Waals surface area contributed by atoms with Gasteiger partial charge >= 0.3 is 0 Å². The molecule has 0 aliphatic carbocycles. The second kappa shape index (κ2) is 7.32. The van der Waals surface area contributed by atoms with Gasteiger partial charge in [-0.15, -0.1) is 0 Å². The van der Waals surface area contributed by atoms with E-state index in [1.807, 2.05) is 6.92 Å². The summed E-state index contributed by atoms with van der Waals surface area (Å²) in [5.74, 6) is 1.11. The van der Waals surface area contributed by atoms with Crippen LogP contribution in [0.15, 0.2) is 17.2 Å². The standard InChI is InChI=1S/C17H25N5O3S/c1-5-22-13(3)17(12(2)20-22)26(23,24)21-10-6-7-15(11-21)25-16-8-9-18-14(4)19-16/h8-9,15H,5-7,10-11H2,1-4H3. The Labute approximate surface area is 154 Å². The molecule has 1 aliphatic heterocycles. The van der Waals surface area contributed by atoms with Crippen molar-refractivity contribution in [3.8, 4) is 5.88 Å². The quantitative estimate of drug-likeness (QED) is 0.787. The molecule has 0 bridgehead atoms. The lowest BCUT2D eigenvalue weighted by Gasteiger charge is -2.31. The van der Waals surface area contributed by atoms with Gasteiger partial charge in [-0.1, -0.05) is 0 Å². The monoisotopic (exact) mass is 379 g/mol. The molecule has 8 nitrogen and oxygen atoms in total. The summed E-state index contributed by atoms with van der Waals surface area (Å²) < 4.78 is 35.5. The fourth-order valence-electron chi connectivity index (χ4n) is 3.38. The predicted molar refractivity (Wildman–Crippen MR) is 96.6 cm³/mol.